The van der Waals surface area contributed by atoms with Crippen molar-refractivity contribution >= 4 is 33.4 Å². The first-order valence-electron chi connectivity index (χ1n) is 5.38. The zero-order valence-corrected chi connectivity index (χ0v) is 12.0. The first-order valence-corrected chi connectivity index (χ1v) is 7.16. The molecule has 0 radical (unpaired) electrons. The molecule has 1 aromatic carbocycles. The summed E-state index contributed by atoms with van der Waals surface area (Å²) in [6, 6.07) is 5.87. The number of rotatable bonds is 4. The van der Waals surface area contributed by atoms with Crippen molar-refractivity contribution in [2.45, 2.75) is 24.1 Å². The highest BCUT2D eigenvalue weighted by molar-refractivity contribution is 9.10. The number of nitrogen functional groups attached to an aromatic ring is 1. The number of hydrogen-bond donors (Lipinski definition) is 1. The number of anilines is 1. The SMILES string of the molecule is CCn1ccnc1CSc1ccc(N)cc1Br. The van der Waals surface area contributed by atoms with Crippen LogP contribution in [0.2, 0.25) is 0 Å². The molecule has 0 saturated heterocycles. The van der Waals surface area contributed by atoms with E-state index >= 15 is 0 Å². The molecule has 0 bridgehead atoms. The third-order valence-corrected chi connectivity index (χ3v) is 4.44. The van der Waals surface area contributed by atoms with E-state index in [0.29, 0.717) is 0 Å². The highest BCUT2D eigenvalue weighted by Gasteiger charge is 2.05. The summed E-state index contributed by atoms with van der Waals surface area (Å²) in [6.07, 6.45) is 3.85. The third kappa shape index (κ3) is 3.04. The van der Waals surface area contributed by atoms with Gasteiger partial charge in [0.1, 0.15) is 5.82 Å². The Hall–Kier alpha value is -0.940. The van der Waals surface area contributed by atoms with Crippen molar-refractivity contribution < 1.29 is 0 Å². The minimum Gasteiger partial charge on any atom is -0.399 e. The summed E-state index contributed by atoms with van der Waals surface area (Å²) in [4.78, 5) is 5.54. The lowest BCUT2D eigenvalue weighted by molar-refractivity contribution is 0.725. The number of thioether (sulfide) groups is 1. The van der Waals surface area contributed by atoms with Gasteiger partial charge < -0.3 is 10.3 Å². The van der Waals surface area contributed by atoms with Crippen molar-refractivity contribution in [3.05, 3.63) is 40.9 Å². The summed E-state index contributed by atoms with van der Waals surface area (Å²) >= 11 is 5.28. The molecule has 0 spiro atoms. The lowest BCUT2D eigenvalue weighted by atomic mass is 10.3. The smallest absolute Gasteiger partial charge is 0.119 e. The number of aryl methyl sites for hydroxylation is 1. The van der Waals surface area contributed by atoms with Gasteiger partial charge >= 0.3 is 0 Å². The maximum Gasteiger partial charge on any atom is 0.119 e. The molecule has 0 saturated carbocycles. The van der Waals surface area contributed by atoms with Gasteiger partial charge in [-0.3, -0.25) is 0 Å². The molecule has 0 atom stereocenters. The van der Waals surface area contributed by atoms with Crippen LogP contribution in [0.3, 0.4) is 0 Å². The summed E-state index contributed by atoms with van der Waals surface area (Å²) in [5.74, 6) is 1.96. The Morgan fingerprint density at radius 3 is 3.00 bits per heavy atom. The van der Waals surface area contributed by atoms with E-state index in [1.165, 1.54) is 4.90 Å². The van der Waals surface area contributed by atoms with Crippen molar-refractivity contribution in [3.63, 3.8) is 0 Å². The van der Waals surface area contributed by atoms with Crippen LogP contribution in [0.1, 0.15) is 12.7 Å². The first-order chi connectivity index (χ1) is 8.20. The van der Waals surface area contributed by atoms with E-state index in [9.17, 15) is 0 Å². The maximum absolute atomic E-state index is 5.71. The van der Waals surface area contributed by atoms with Crippen molar-refractivity contribution in [1.29, 1.82) is 0 Å². The minimum absolute atomic E-state index is 0.774. The van der Waals surface area contributed by atoms with Crippen LogP contribution >= 0.6 is 27.7 Å². The molecular weight excluding hydrogens is 298 g/mol. The normalized spacial score (nSPS) is 10.7. The first kappa shape index (κ1) is 12.5. The minimum atomic E-state index is 0.774. The molecule has 17 heavy (non-hydrogen) atoms. The monoisotopic (exact) mass is 311 g/mol. The molecule has 0 fully saturated rings. The predicted octanol–water partition coefficient (Wildman–Crippen LogP) is 3.54. The summed E-state index contributed by atoms with van der Waals surface area (Å²) in [5, 5.41) is 0. The standard InChI is InChI=1S/C12H14BrN3S/c1-2-16-6-5-15-12(16)8-17-11-4-3-9(14)7-10(11)13/h3-7H,2,8,14H2,1H3. The number of benzene rings is 1. The second kappa shape index (κ2) is 5.60. The Bertz CT molecular complexity index is 510. The highest BCUT2D eigenvalue weighted by Crippen LogP contribution is 2.31. The second-order valence-corrected chi connectivity index (χ2v) is 5.48. The summed E-state index contributed by atoms with van der Waals surface area (Å²) in [7, 11) is 0. The number of imidazole rings is 1. The highest BCUT2D eigenvalue weighted by atomic mass is 79.9. The van der Waals surface area contributed by atoms with Crippen LogP contribution < -0.4 is 5.73 Å². The van der Waals surface area contributed by atoms with E-state index in [-0.39, 0.29) is 0 Å². The number of nitrogens with zero attached hydrogens (tertiary/aromatic N) is 2. The van der Waals surface area contributed by atoms with Crippen molar-refractivity contribution in [2.24, 2.45) is 0 Å². The van der Waals surface area contributed by atoms with Crippen LogP contribution in [0.15, 0.2) is 40.0 Å². The number of aromatic nitrogens is 2. The zero-order valence-electron chi connectivity index (χ0n) is 9.56. The molecule has 1 aromatic heterocycles. The van der Waals surface area contributed by atoms with Gasteiger partial charge in [-0.15, -0.1) is 11.8 Å². The van der Waals surface area contributed by atoms with Crippen LogP contribution in [-0.4, -0.2) is 9.55 Å². The van der Waals surface area contributed by atoms with E-state index in [4.69, 9.17) is 5.73 Å². The molecule has 3 nitrogen and oxygen atoms in total. The Balaban J connectivity index is 2.07. The van der Waals surface area contributed by atoms with Gasteiger partial charge in [-0.05, 0) is 41.1 Å². The number of nitrogens with two attached hydrogens (primary N) is 1. The van der Waals surface area contributed by atoms with Crippen LogP contribution in [0.5, 0.6) is 0 Å². The fourth-order valence-electron chi connectivity index (χ4n) is 1.54. The lowest BCUT2D eigenvalue weighted by Gasteiger charge is -2.06. The Morgan fingerprint density at radius 2 is 2.29 bits per heavy atom. The van der Waals surface area contributed by atoms with Crippen LogP contribution in [0.4, 0.5) is 5.69 Å². The fraction of sp³-hybridized carbons (Fsp3) is 0.250. The fourth-order valence-corrected chi connectivity index (χ4v) is 3.17. The van der Waals surface area contributed by atoms with Crippen molar-refractivity contribution in [1.82, 2.24) is 9.55 Å². The Kier molecular flexibility index (Phi) is 4.12. The molecular formula is C12H14BrN3S. The van der Waals surface area contributed by atoms with E-state index < -0.39 is 0 Å². The number of halogens is 1. The Morgan fingerprint density at radius 1 is 1.47 bits per heavy atom. The van der Waals surface area contributed by atoms with Crippen LogP contribution in [-0.2, 0) is 12.3 Å². The Labute approximate surface area is 114 Å². The van der Waals surface area contributed by atoms with Gasteiger partial charge in [-0.25, -0.2) is 4.98 Å². The zero-order chi connectivity index (χ0) is 12.3. The number of hydrogen-bond acceptors (Lipinski definition) is 3. The maximum atomic E-state index is 5.71. The quantitative estimate of drug-likeness (QED) is 0.694. The molecule has 2 N–H and O–H groups in total. The second-order valence-electron chi connectivity index (χ2n) is 3.61. The molecule has 2 aromatic rings. The summed E-state index contributed by atoms with van der Waals surface area (Å²) < 4.78 is 3.19. The largest absolute Gasteiger partial charge is 0.399 e. The molecule has 0 aliphatic carbocycles. The average molecular weight is 312 g/mol. The average Bonchev–Trinajstić information content (AvgIpc) is 2.75. The third-order valence-electron chi connectivity index (χ3n) is 2.46. The van der Waals surface area contributed by atoms with Gasteiger partial charge in [-0.2, -0.15) is 0 Å². The van der Waals surface area contributed by atoms with Gasteiger partial charge in [0.05, 0.1) is 5.75 Å². The van der Waals surface area contributed by atoms with Gasteiger partial charge in [0.15, 0.2) is 0 Å². The van der Waals surface area contributed by atoms with Gasteiger partial charge in [0.2, 0.25) is 0 Å². The van der Waals surface area contributed by atoms with Gasteiger partial charge in [0, 0.05) is 34.0 Å². The molecule has 2 rings (SSSR count). The predicted molar refractivity (Wildman–Crippen MR) is 76.0 cm³/mol. The van der Waals surface area contributed by atoms with Crippen molar-refractivity contribution in [3.8, 4) is 0 Å². The molecule has 0 aliphatic rings. The van der Waals surface area contributed by atoms with E-state index in [1.54, 1.807) is 11.8 Å². The molecule has 0 unspecified atom stereocenters. The topological polar surface area (TPSA) is 43.8 Å². The molecule has 5 heteroatoms. The van der Waals surface area contributed by atoms with Crippen LogP contribution in [0, 0.1) is 0 Å². The molecule has 0 amide bonds. The summed E-state index contributed by atoms with van der Waals surface area (Å²) in [6.45, 7) is 3.08. The summed E-state index contributed by atoms with van der Waals surface area (Å²) in [5.41, 5.74) is 6.48. The van der Waals surface area contributed by atoms with Gasteiger partial charge in [0.25, 0.3) is 0 Å². The van der Waals surface area contributed by atoms with Crippen LogP contribution in [0.25, 0.3) is 0 Å². The van der Waals surface area contributed by atoms with Gasteiger partial charge in [-0.1, -0.05) is 0 Å². The lowest BCUT2D eigenvalue weighted by Crippen LogP contribution is -1.98. The molecule has 0 aliphatic heterocycles. The van der Waals surface area contributed by atoms with Crippen molar-refractivity contribution in [2.75, 3.05) is 5.73 Å². The molecule has 90 valence electrons. The molecule has 1 heterocycles. The van der Waals surface area contributed by atoms with E-state index in [1.807, 2.05) is 30.6 Å². The van der Waals surface area contributed by atoms with E-state index in [2.05, 4.69) is 32.4 Å². The van der Waals surface area contributed by atoms with E-state index in [0.717, 1.165) is 28.3 Å².